The minimum atomic E-state index is -0.317. The number of allylic oxidation sites excluding steroid dienone is 1. The van der Waals surface area contributed by atoms with E-state index in [-0.39, 0.29) is 47.8 Å². The summed E-state index contributed by atoms with van der Waals surface area (Å²) < 4.78 is 11.2. The average molecular weight is 316 g/mol. The molecule has 4 heteroatoms. The highest BCUT2D eigenvalue weighted by Crippen LogP contribution is 2.52. The van der Waals surface area contributed by atoms with Crippen molar-refractivity contribution in [2.75, 3.05) is 0 Å². The first-order chi connectivity index (χ1) is 10.8. The summed E-state index contributed by atoms with van der Waals surface area (Å²) in [6.07, 6.45) is 1.81. The molecule has 2 saturated carbocycles. The van der Waals surface area contributed by atoms with E-state index in [1.165, 1.54) is 0 Å². The summed E-state index contributed by atoms with van der Waals surface area (Å²) in [5.74, 6) is -0.549. The molecule has 2 aliphatic carbocycles. The molecular formula is C19H24O4. The van der Waals surface area contributed by atoms with Crippen LogP contribution in [0.3, 0.4) is 0 Å². The van der Waals surface area contributed by atoms with Gasteiger partial charge < -0.3 is 9.47 Å². The van der Waals surface area contributed by atoms with Crippen molar-refractivity contribution in [1.82, 2.24) is 0 Å². The zero-order valence-electron chi connectivity index (χ0n) is 13.8. The van der Waals surface area contributed by atoms with E-state index in [1.54, 1.807) is 0 Å². The largest absolute Gasteiger partial charge is 0.458 e. The number of fused-ring (bicyclic) bond motifs is 3. The van der Waals surface area contributed by atoms with E-state index in [4.69, 9.17) is 9.47 Å². The summed E-state index contributed by atoms with van der Waals surface area (Å²) in [5, 5.41) is 0. The Balaban J connectivity index is 1.87. The quantitative estimate of drug-likeness (QED) is 0.446. The Labute approximate surface area is 137 Å². The molecule has 1 aliphatic heterocycles. The van der Waals surface area contributed by atoms with Gasteiger partial charge >= 0.3 is 11.9 Å². The molecule has 0 aromatic heterocycles. The van der Waals surface area contributed by atoms with E-state index in [2.05, 4.69) is 19.7 Å². The van der Waals surface area contributed by atoms with Crippen LogP contribution in [0.5, 0.6) is 0 Å². The minimum absolute atomic E-state index is 0.0190. The van der Waals surface area contributed by atoms with Gasteiger partial charge in [-0.3, -0.25) is 4.79 Å². The first kappa shape index (κ1) is 16.0. The van der Waals surface area contributed by atoms with Crippen LogP contribution >= 0.6 is 0 Å². The van der Waals surface area contributed by atoms with E-state index in [1.807, 2.05) is 13.8 Å². The van der Waals surface area contributed by atoms with Crippen molar-refractivity contribution in [3.05, 3.63) is 36.5 Å². The van der Waals surface area contributed by atoms with Crippen molar-refractivity contribution in [3.8, 4) is 0 Å². The van der Waals surface area contributed by atoms with Gasteiger partial charge in [0.15, 0.2) is 0 Å². The standard InChI is InChI=1S/C19H24O4/c1-9(2)18(20)22-15-8-14-10(3)6-7-13-11(4)19(21)23-17(13)16(14)12(15)5/h9,13-17H,3-8H2,1-2H3. The molecule has 4 nitrogen and oxygen atoms in total. The van der Waals surface area contributed by atoms with Crippen LogP contribution in [0.1, 0.15) is 33.1 Å². The molecule has 3 fully saturated rings. The van der Waals surface area contributed by atoms with Crippen LogP contribution in [0, 0.1) is 23.7 Å². The second-order valence-electron chi connectivity index (χ2n) is 7.22. The molecule has 23 heavy (non-hydrogen) atoms. The molecule has 0 spiro atoms. The van der Waals surface area contributed by atoms with E-state index in [0.29, 0.717) is 12.0 Å². The summed E-state index contributed by atoms with van der Waals surface area (Å²) in [6, 6.07) is 0. The van der Waals surface area contributed by atoms with Gasteiger partial charge in [-0.15, -0.1) is 0 Å². The lowest BCUT2D eigenvalue weighted by atomic mass is 9.82. The number of ether oxygens (including phenoxy) is 2. The highest BCUT2D eigenvalue weighted by molar-refractivity contribution is 5.91. The van der Waals surface area contributed by atoms with Crippen LogP contribution in [0.25, 0.3) is 0 Å². The van der Waals surface area contributed by atoms with Gasteiger partial charge in [0.05, 0.1) is 5.92 Å². The predicted molar refractivity (Wildman–Crippen MR) is 86.3 cm³/mol. The molecule has 0 amide bonds. The van der Waals surface area contributed by atoms with Crippen LogP contribution in [-0.4, -0.2) is 24.1 Å². The highest BCUT2D eigenvalue weighted by atomic mass is 16.6. The third kappa shape index (κ3) is 2.54. The maximum absolute atomic E-state index is 11.9. The molecule has 0 bridgehead atoms. The lowest BCUT2D eigenvalue weighted by Gasteiger charge is -2.26. The van der Waals surface area contributed by atoms with Crippen molar-refractivity contribution in [2.45, 2.75) is 45.3 Å². The zero-order valence-corrected chi connectivity index (χ0v) is 13.8. The van der Waals surface area contributed by atoms with Crippen LogP contribution in [0.15, 0.2) is 36.5 Å². The van der Waals surface area contributed by atoms with Gasteiger partial charge in [0, 0.05) is 17.4 Å². The Hall–Kier alpha value is -1.84. The first-order valence-corrected chi connectivity index (χ1v) is 8.27. The van der Waals surface area contributed by atoms with E-state index in [9.17, 15) is 9.59 Å². The number of rotatable bonds is 2. The molecule has 1 heterocycles. The van der Waals surface area contributed by atoms with Crippen LogP contribution in [-0.2, 0) is 19.1 Å². The maximum atomic E-state index is 11.9. The Morgan fingerprint density at radius 3 is 2.61 bits per heavy atom. The molecule has 5 atom stereocenters. The van der Waals surface area contributed by atoms with Crippen LogP contribution < -0.4 is 0 Å². The summed E-state index contributed by atoms with van der Waals surface area (Å²) >= 11 is 0. The fourth-order valence-corrected chi connectivity index (χ4v) is 4.08. The zero-order chi connectivity index (χ0) is 16.9. The second-order valence-corrected chi connectivity index (χ2v) is 7.22. The molecule has 5 unspecified atom stereocenters. The van der Waals surface area contributed by atoms with Crippen molar-refractivity contribution >= 4 is 11.9 Å². The lowest BCUT2D eigenvalue weighted by molar-refractivity contribution is -0.151. The molecule has 3 rings (SSSR count). The summed E-state index contributed by atoms with van der Waals surface area (Å²) in [5.41, 5.74) is 2.54. The molecule has 0 radical (unpaired) electrons. The fourth-order valence-electron chi connectivity index (χ4n) is 4.08. The summed E-state index contributed by atoms with van der Waals surface area (Å²) in [6.45, 7) is 15.9. The molecule has 124 valence electrons. The van der Waals surface area contributed by atoms with Crippen molar-refractivity contribution in [3.63, 3.8) is 0 Å². The Morgan fingerprint density at radius 1 is 1.26 bits per heavy atom. The van der Waals surface area contributed by atoms with E-state index in [0.717, 1.165) is 24.0 Å². The maximum Gasteiger partial charge on any atom is 0.334 e. The van der Waals surface area contributed by atoms with Crippen molar-refractivity contribution in [1.29, 1.82) is 0 Å². The third-order valence-electron chi connectivity index (χ3n) is 5.48. The van der Waals surface area contributed by atoms with Crippen LogP contribution in [0.2, 0.25) is 0 Å². The van der Waals surface area contributed by atoms with Crippen molar-refractivity contribution < 1.29 is 19.1 Å². The lowest BCUT2D eigenvalue weighted by Crippen LogP contribution is -2.29. The van der Waals surface area contributed by atoms with E-state index >= 15 is 0 Å². The summed E-state index contributed by atoms with van der Waals surface area (Å²) in [4.78, 5) is 23.9. The second kappa shape index (κ2) is 5.66. The molecule has 0 aromatic carbocycles. The van der Waals surface area contributed by atoms with Gasteiger partial charge in [-0.1, -0.05) is 39.2 Å². The molecule has 0 aromatic rings. The predicted octanol–water partition coefficient (Wildman–Crippen LogP) is 3.19. The topological polar surface area (TPSA) is 52.6 Å². The van der Waals surface area contributed by atoms with Crippen molar-refractivity contribution in [2.24, 2.45) is 23.7 Å². The van der Waals surface area contributed by atoms with Gasteiger partial charge in [-0.05, 0) is 30.8 Å². The molecule has 1 saturated heterocycles. The Morgan fingerprint density at radius 2 is 1.96 bits per heavy atom. The molecule has 0 N–H and O–H groups in total. The fraction of sp³-hybridized carbons (Fsp3) is 0.579. The highest BCUT2D eigenvalue weighted by Gasteiger charge is 2.53. The van der Waals surface area contributed by atoms with Gasteiger partial charge in [0.1, 0.15) is 12.2 Å². The minimum Gasteiger partial charge on any atom is -0.458 e. The number of hydrogen-bond donors (Lipinski definition) is 0. The van der Waals surface area contributed by atoms with Gasteiger partial charge in [-0.25, -0.2) is 4.79 Å². The first-order valence-electron chi connectivity index (χ1n) is 8.27. The molecular weight excluding hydrogens is 292 g/mol. The number of esters is 2. The monoisotopic (exact) mass is 316 g/mol. The number of carbonyl (C=O) groups is 2. The Bertz CT molecular complexity index is 600. The van der Waals surface area contributed by atoms with Gasteiger partial charge in [-0.2, -0.15) is 0 Å². The SMILES string of the molecule is C=C1C(=O)OC2C1CCC(=C)C1CC(OC(=O)C(C)C)C(=C)C12. The Kier molecular flexibility index (Phi) is 3.95. The van der Waals surface area contributed by atoms with Gasteiger partial charge in [0.2, 0.25) is 0 Å². The average Bonchev–Trinajstić information content (AvgIpc) is 2.90. The summed E-state index contributed by atoms with van der Waals surface area (Å²) in [7, 11) is 0. The van der Waals surface area contributed by atoms with E-state index < -0.39 is 0 Å². The normalized spacial score (nSPS) is 36.6. The molecule has 3 aliphatic rings. The number of hydrogen-bond acceptors (Lipinski definition) is 4. The van der Waals surface area contributed by atoms with Gasteiger partial charge in [0.25, 0.3) is 0 Å². The smallest absolute Gasteiger partial charge is 0.334 e. The third-order valence-corrected chi connectivity index (χ3v) is 5.48. The number of carbonyl (C=O) groups excluding carboxylic acids is 2. The van der Waals surface area contributed by atoms with Crippen LogP contribution in [0.4, 0.5) is 0 Å².